The van der Waals surface area contributed by atoms with Crippen molar-refractivity contribution in [2.45, 2.75) is 12.5 Å². The second-order valence-corrected chi connectivity index (χ2v) is 6.22. The summed E-state index contributed by atoms with van der Waals surface area (Å²) in [5, 5.41) is 15.8. The van der Waals surface area contributed by atoms with Crippen LogP contribution in [-0.4, -0.2) is 50.0 Å². The Morgan fingerprint density at radius 2 is 1.74 bits per heavy atom. The molecule has 0 spiro atoms. The van der Waals surface area contributed by atoms with E-state index in [0.717, 1.165) is 11.1 Å². The van der Waals surface area contributed by atoms with Gasteiger partial charge >= 0.3 is 0 Å². The number of rotatable bonds is 12. The third kappa shape index (κ3) is 9.70. The number of aliphatic hydroxyl groups excluding tert-OH is 1. The van der Waals surface area contributed by atoms with Crippen LogP contribution in [0.15, 0.2) is 66.7 Å². The highest BCUT2D eigenvalue weighted by Gasteiger charge is 2.04. The molecule has 27 heavy (non-hydrogen) atoms. The summed E-state index contributed by atoms with van der Waals surface area (Å²) >= 11 is 0. The molecule has 5 heteroatoms. The molecule has 0 radical (unpaired) electrons. The first-order valence-electron chi connectivity index (χ1n) is 9.23. The van der Waals surface area contributed by atoms with Crippen LogP contribution in [0.5, 0.6) is 0 Å². The van der Waals surface area contributed by atoms with Crippen molar-refractivity contribution < 1.29 is 14.6 Å². The zero-order valence-electron chi connectivity index (χ0n) is 15.5. The number of benzene rings is 2. The average Bonchev–Trinajstić information content (AvgIpc) is 2.69. The molecule has 0 bridgehead atoms. The van der Waals surface area contributed by atoms with Crippen LogP contribution in [0.25, 0.3) is 6.08 Å². The lowest BCUT2D eigenvalue weighted by Gasteiger charge is -2.12. The number of carbonyl (C=O) groups excluding carboxylic acids is 1. The van der Waals surface area contributed by atoms with Crippen LogP contribution in [0.4, 0.5) is 0 Å². The number of nitrogens with one attached hydrogen (secondary N) is 2. The van der Waals surface area contributed by atoms with Crippen molar-refractivity contribution in [3.63, 3.8) is 0 Å². The molecule has 144 valence electrons. The molecule has 0 aliphatic heterocycles. The summed E-state index contributed by atoms with van der Waals surface area (Å²) in [6.07, 6.45) is 3.73. The van der Waals surface area contributed by atoms with E-state index in [4.69, 9.17) is 4.74 Å². The van der Waals surface area contributed by atoms with Crippen molar-refractivity contribution in [3.8, 4) is 0 Å². The van der Waals surface area contributed by atoms with Crippen molar-refractivity contribution in [3.05, 3.63) is 77.9 Å². The van der Waals surface area contributed by atoms with Crippen LogP contribution in [0, 0.1) is 0 Å². The zero-order chi connectivity index (χ0) is 19.2. The predicted molar refractivity (Wildman–Crippen MR) is 108 cm³/mol. The first-order valence-corrected chi connectivity index (χ1v) is 9.23. The van der Waals surface area contributed by atoms with Crippen molar-refractivity contribution in [2.75, 3.05) is 32.8 Å². The molecule has 0 aliphatic carbocycles. The first kappa shape index (κ1) is 20.8. The molecular weight excluding hydrogens is 340 g/mol. The fraction of sp³-hybridized carbons (Fsp3) is 0.318. The van der Waals surface area contributed by atoms with E-state index in [-0.39, 0.29) is 12.5 Å². The van der Waals surface area contributed by atoms with Gasteiger partial charge in [0, 0.05) is 19.6 Å². The second-order valence-electron chi connectivity index (χ2n) is 6.22. The molecule has 0 saturated carbocycles. The molecule has 1 amide bonds. The van der Waals surface area contributed by atoms with Gasteiger partial charge in [0.15, 0.2) is 0 Å². The van der Waals surface area contributed by atoms with E-state index in [1.807, 2.05) is 72.8 Å². The normalized spacial score (nSPS) is 12.2. The van der Waals surface area contributed by atoms with Gasteiger partial charge in [-0.05, 0) is 11.1 Å². The minimum atomic E-state index is -0.574. The topological polar surface area (TPSA) is 70.6 Å². The molecule has 2 aromatic rings. The molecule has 0 saturated heterocycles. The van der Waals surface area contributed by atoms with E-state index in [1.54, 1.807) is 0 Å². The number of aliphatic hydroxyl groups is 1. The van der Waals surface area contributed by atoms with Crippen LogP contribution in [-0.2, 0) is 16.0 Å². The van der Waals surface area contributed by atoms with E-state index < -0.39 is 6.10 Å². The number of amides is 1. The van der Waals surface area contributed by atoms with E-state index in [2.05, 4.69) is 10.6 Å². The van der Waals surface area contributed by atoms with Crippen molar-refractivity contribution in [1.82, 2.24) is 10.6 Å². The maximum absolute atomic E-state index is 11.8. The summed E-state index contributed by atoms with van der Waals surface area (Å²) in [4.78, 5) is 11.8. The van der Waals surface area contributed by atoms with Gasteiger partial charge in [-0.15, -0.1) is 0 Å². The molecule has 5 nitrogen and oxygen atoms in total. The highest BCUT2D eigenvalue weighted by Crippen LogP contribution is 2.01. The lowest BCUT2D eigenvalue weighted by molar-refractivity contribution is -0.120. The van der Waals surface area contributed by atoms with Crippen LogP contribution in [0.2, 0.25) is 0 Å². The molecule has 2 aromatic carbocycles. The van der Waals surface area contributed by atoms with E-state index in [0.29, 0.717) is 32.7 Å². The maximum atomic E-state index is 11.8. The Labute approximate surface area is 161 Å². The molecule has 3 N–H and O–H groups in total. The summed E-state index contributed by atoms with van der Waals surface area (Å²) in [6.45, 7) is 2.29. The molecule has 2 rings (SSSR count). The standard InChI is InChI=1S/C22H28N2O3/c25-21(18-27-15-7-12-19-8-3-1-4-9-19)17-23-13-14-24-22(26)16-20-10-5-2-6-11-20/h1-12,21,23,25H,13-18H2,(H,24,26)/b12-7+. The third-order valence-electron chi connectivity index (χ3n) is 3.85. The van der Waals surface area contributed by atoms with Gasteiger partial charge in [-0.3, -0.25) is 4.79 Å². The molecule has 0 aliphatic rings. The predicted octanol–water partition coefficient (Wildman–Crippen LogP) is 2.03. The molecule has 0 fully saturated rings. The summed E-state index contributed by atoms with van der Waals surface area (Å²) in [7, 11) is 0. The van der Waals surface area contributed by atoms with E-state index in [1.165, 1.54) is 0 Å². The molecule has 1 atom stereocenters. The monoisotopic (exact) mass is 368 g/mol. The highest BCUT2D eigenvalue weighted by atomic mass is 16.5. The minimum absolute atomic E-state index is 0.00270. The van der Waals surface area contributed by atoms with Gasteiger partial charge in [0.05, 0.1) is 25.7 Å². The van der Waals surface area contributed by atoms with Gasteiger partial charge in [0.25, 0.3) is 0 Å². The van der Waals surface area contributed by atoms with Crippen molar-refractivity contribution in [2.24, 2.45) is 0 Å². The molecule has 0 aromatic heterocycles. The first-order chi connectivity index (χ1) is 13.2. The van der Waals surface area contributed by atoms with E-state index in [9.17, 15) is 9.90 Å². The smallest absolute Gasteiger partial charge is 0.224 e. The van der Waals surface area contributed by atoms with Crippen molar-refractivity contribution in [1.29, 1.82) is 0 Å². The summed E-state index contributed by atoms with van der Waals surface area (Å²) in [5.74, 6) is -0.00270. The van der Waals surface area contributed by atoms with Crippen LogP contribution in [0.3, 0.4) is 0 Å². The minimum Gasteiger partial charge on any atom is -0.389 e. The largest absolute Gasteiger partial charge is 0.389 e. The summed E-state index contributed by atoms with van der Waals surface area (Å²) in [6, 6.07) is 19.6. The van der Waals surface area contributed by atoms with Gasteiger partial charge in [0.1, 0.15) is 0 Å². The van der Waals surface area contributed by atoms with Gasteiger partial charge in [0.2, 0.25) is 5.91 Å². The Morgan fingerprint density at radius 1 is 1.04 bits per heavy atom. The van der Waals surface area contributed by atoms with Gasteiger partial charge in [-0.1, -0.05) is 72.8 Å². The molecular formula is C22H28N2O3. The fourth-order valence-electron chi connectivity index (χ4n) is 2.48. The van der Waals surface area contributed by atoms with Gasteiger partial charge in [-0.2, -0.15) is 0 Å². The Kier molecular flexibility index (Phi) is 9.89. The SMILES string of the molecule is O=C(Cc1ccccc1)NCCNCC(O)COC/C=C/c1ccccc1. The number of hydrogen-bond acceptors (Lipinski definition) is 4. The summed E-state index contributed by atoms with van der Waals surface area (Å²) < 4.78 is 5.43. The Morgan fingerprint density at radius 3 is 2.48 bits per heavy atom. The Balaban J connectivity index is 1.45. The lowest BCUT2D eigenvalue weighted by atomic mass is 10.1. The molecule has 0 heterocycles. The highest BCUT2D eigenvalue weighted by molar-refractivity contribution is 5.78. The Bertz CT molecular complexity index is 674. The fourth-order valence-corrected chi connectivity index (χ4v) is 2.48. The zero-order valence-corrected chi connectivity index (χ0v) is 15.5. The second kappa shape index (κ2) is 12.8. The number of carbonyl (C=O) groups is 1. The van der Waals surface area contributed by atoms with Gasteiger partial charge < -0.3 is 20.5 Å². The maximum Gasteiger partial charge on any atom is 0.224 e. The van der Waals surface area contributed by atoms with Crippen LogP contribution in [0.1, 0.15) is 11.1 Å². The van der Waals surface area contributed by atoms with E-state index >= 15 is 0 Å². The average molecular weight is 368 g/mol. The summed E-state index contributed by atoms with van der Waals surface area (Å²) in [5.41, 5.74) is 2.12. The number of hydrogen-bond donors (Lipinski definition) is 3. The van der Waals surface area contributed by atoms with Crippen LogP contribution >= 0.6 is 0 Å². The number of ether oxygens (including phenoxy) is 1. The Hall–Kier alpha value is -2.47. The third-order valence-corrected chi connectivity index (χ3v) is 3.85. The van der Waals surface area contributed by atoms with Gasteiger partial charge in [-0.25, -0.2) is 0 Å². The molecule has 1 unspecified atom stereocenters. The van der Waals surface area contributed by atoms with Crippen molar-refractivity contribution >= 4 is 12.0 Å². The quantitative estimate of drug-likeness (QED) is 0.502. The lowest BCUT2D eigenvalue weighted by Crippen LogP contribution is -2.37. The van der Waals surface area contributed by atoms with Crippen LogP contribution < -0.4 is 10.6 Å².